The van der Waals surface area contributed by atoms with E-state index in [2.05, 4.69) is 13.2 Å². The Labute approximate surface area is 111 Å². The van der Waals surface area contributed by atoms with Gasteiger partial charge in [0.15, 0.2) is 11.5 Å². The van der Waals surface area contributed by atoms with Crippen molar-refractivity contribution in [2.45, 2.75) is 40.7 Å². The number of rotatable bonds is 4. The first kappa shape index (κ1) is 16.3. The highest BCUT2D eigenvalue weighted by atomic mass is 16.5. The van der Waals surface area contributed by atoms with Crippen LogP contribution in [0.3, 0.4) is 0 Å². The van der Waals surface area contributed by atoms with Crippen molar-refractivity contribution in [2.75, 3.05) is 0 Å². The predicted molar refractivity (Wildman–Crippen MR) is 80.0 cm³/mol. The second kappa shape index (κ2) is 7.59. The Morgan fingerprint density at radius 3 is 2.28 bits per heavy atom. The second-order valence-electron chi connectivity index (χ2n) is 4.06. The average molecular weight is 248 g/mol. The molecule has 0 fully saturated rings. The minimum atomic E-state index is 0.0271. The van der Waals surface area contributed by atoms with E-state index in [0.717, 1.165) is 16.7 Å². The van der Waals surface area contributed by atoms with Gasteiger partial charge in [-0.15, -0.1) is 0 Å². The van der Waals surface area contributed by atoms with Crippen molar-refractivity contribution in [1.29, 1.82) is 0 Å². The van der Waals surface area contributed by atoms with Crippen LogP contribution in [0.1, 0.15) is 45.7 Å². The van der Waals surface area contributed by atoms with Gasteiger partial charge in [-0.1, -0.05) is 38.7 Å². The second-order valence-corrected chi connectivity index (χ2v) is 4.06. The van der Waals surface area contributed by atoms with E-state index in [9.17, 15) is 5.11 Å². The molecule has 0 aliphatic carbocycles. The minimum absolute atomic E-state index is 0.0271. The summed E-state index contributed by atoms with van der Waals surface area (Å²) in [5.41, 5.74) is 2.70. The summed E-state index contributed by atoms with van der Waals surface area (Å²) in [7, 11) is 0. The van der Waals surface area contributed by atoms with E-state index in [-0.39, 0.29) is 11.9 Å². The molecule has 0 spiro atoms. The third-order valence-corrected chi connectivity index (χ3v) is 2.17. The van der Waals surface area contributed by atoms with Crippen molar-refractivity contribution in [3.8, 4) is 11.5 Å². The molecule has 0 aliphatic rings. The Balaban J connectivity index is 0.00000137. The highest BCUT2D eigenvalue weighted by molar-refractivity contribution is 5.74. The molecule has 0 amide bonds. The SMILES string of the molecule is C=Cc1cc(OC(C)C)c(O)cc1C(=C)C.CC. The summed E-state index contributed by atoms with van der Waals surface area (Å²) in [6.07, 6.45) is 1.76. The molecule has 18 heavy (non-hydrogen) atoms. The van der Waals surface area contributed by atoms with Crippen LogP contribution >= 0.6 is 0 Å². The molecule has 0 saturated carbocycles. The lowest BCUT2D eigenvalue weighted by Gasteiger charge is -2.14. The highest BCUT2D eigenvalue weighted by Gasteiger charge is 2.10. The topological polar surface area (TPSA) is 29.5 Å². The van der Waals surface area contributed by atoms with E-state index in [1.54, 1.807) is 18.2 Å². The molecule has 100 valence electrons. The number of allylic oxidation sites excluding steroid dienone is 1. The Bertz CT molecular complexity index is 417. The number of ether oxygens (including phenoxy) is 1. The monoisotopic (exact) mass is 248 g/mol. The summed E-state index contributed by atoms with van der Waals surface area (Å²) < 4.78 is 5.49. The van der Waals surface area contributed by atoms with Crippen LogP contribution in [0.25, 0.3) is 11.6 Å². The van der Waals surface area contributed by atoms with Crippen LogP contribution in [-0.2, 0) is 0 Å². The van der Waals surface area contributed by atoms with Crippen molar-refractivity contribution in [2.24, 2.45) is 0 Å². The molecule has 0 atom stereocenters. The summed E-state index contributed by atoms with van der Waals surface area (Å²) in [5.74, 6) is 0.618. The van der Waals surface area contributed by atoms with Crippen molar-refractivity contribution >= 4 is 11.6 Å². The molecule has 0 saturated heterocycles. The fourth-order valence-electron chi connectivity index (χ4n) is 1.47. The first-order valence-electron chi connectivity index (χ1n) is 6.27. The number of benzene rings is 1. The molecule has 2 heteroatoms. The van der Waals surface area contributed by atoms with E-state index >= 15 is 0 Å². The van der Waals surface area contributed by atoms with E-state index in [0.29, 0.717) is 5.75 Å². The quantitative estimate of drug-likeness (QED) is 0.822. The normalized spacial score (nSPS) is 9.44. The molecule has 0 aliphatic heterocycles. The molecule has 0 radical (unpaired) electrons. The maximum atomic E-state index is 9.81. The Hall–Kier alpha value is -1.70. The zero-order valence-corrected chi connectivity index (χ0v) is 12.1. The molecule has 1 aromatic rings. The third kappa shape index (κ3) is 4.28. The molecular formula is C16H24O2. The summed E-state index contributed by atoms with van der Waals surface area (Å²) in [6.45, 7) is 17.3. The maximum absolute atomic E-state index is 9.81. The molecule has 0 aromatic heterocycles. The molecule has 0 heterocycles. The highest BCUT2D eigenvalue weighted by Crippen LogP contribution is 2.33. The minimum Gasteiger partial charge on any atom is -0.504 e. The molecule has 1 aromatic carbocycles. The van der Waals surface area contributed by atoms with Gasteiger partial charge in [0, 0.05) is 0 Å². The van der Waals surface area contributed by atoms with E-state index < -0.39 is 0 Å². The molecule has 1 N–H and O–H groups in total. The van der Waals surface area contributed by atoms with Crippen LogP contribution in [0.4, 0.5) is 0 Å². The van der Waals surface area contributed by atoms with Gasteiger partial charge < -0.3 is 9.84 Å². The first-order valence-corrected chi connectivity index (χ1v) is 6.27. The Morgan fingerprint density at radius 1 is 1.33 bits per heavy atom. The average Bonchev–Trinajstić information content (AvgIpc) is 2.33. The Kier molecular flexibility index (Phi) is 6.88. The van der Waals surface area contributed by atoms with Crippen LogP contribution in [0.15, 0.2) is 25.3 Å². The molecule has 1 rings (SSSR count). The molecular weight excluding hydrogens is 224 g/mol. The van der Waals surface area contributed by atoms with Crippen LogP contribution in [0, 0.1) is 0 Å². The largest absolute Gasteiger partial charge is 0.504 e. The van der Waals surface area contributed by atoms with Gasteiger partial charge in [-0.05, 0) is 44.0 Å². The van der Waals surface area contributed by atoms with Gasteiger partial charge in [0.05, 0.1) is 6.10 Å². The fourth-order valence-corrected chi connectivity index (χ4v) is 1.47. The van der Waals surface area contributed by atoms with Gasteiger partial charge in [0.25, 0.3) is 0 Å². The van der Waals surface area contributed by atoms with Gasteiger partial charge in [-0.25, -0.2) is 0 Å². The van der Waals surface area contributed by atoms with Crippen molar-refractivity contribution in [3.63, 3.8) is 0 Å². The fraction of sp³-hybridized carbons (Fsp3) is 0.375. The lowest BCUT2D eigenvalue weighted by Crippen LogP contribution is -2.06. The summed E-state index contributed by atoms with van der Waals surface area (Å²) in [6, 6.07) is 3.45. The number of aromatic hydroxyl groups is 1. The van der Waals surface area contributed by atoms with Crippen molar-refractivity contribution < 1.29 is 9.84 Å². The zero-order valence-electron chi connectivity index (χ0n) is 12.1. The molecule has 2 nitrogen and oxygen atoms in total. The Morgan fingerprint density at radius 2 is 1.89 bits per heavy atom. The lowest BCUT2D eigenvalue weighted by molar-refractivity contribution is 0.232. The van der Waals surface area contributed by atoms with Gasteiger partial charge in [-0.3, -0.25) is 0 Å². The van der Waals surface area contributed by atoms with Gasteiger partial charge >= 0.3 is 0 Å². The van der Waals surface area contributed by atoms with Crippen molar-refractivity contribution in [1.82, 2.24) is 0 Å². The van der Waals surface area contributed by atoms with E-state index in [1.807, 2.05) is 34.6 Å². The number of hydrogen-bond donors (Lipinski definition) is 1. The summed E-state index contributed by atoms with van der Waals surface area (Å²) in [5, 5.41) is 9.81. The van der Waals surface area contributed by atoms with E-state index in [4.69, 9.17) is 4.74 Å². The smallest absolute Gasteiger partial charge is 0.161 e. The summed E-state index contributed by atoms with van der Waals surface area (Å²) >= 11 is 0. The van der Waals surface area contributed by atoms with Crippen LogP contribution in [0.5, 0.6) is 11.5 Å². The standard InChI is InChI=1S/C14H18O2.C2H6/c1-6-11-7-14(16-10(4)5)13(15)8-12(11)9(2)3;1-2/h6-8,10,15H,1-2H2,3-5H3;1-2H3. The molecule has 0 unspecified atom stereocenters. The van der Waals surface area contributed by atoms with Gasteiger partial charge in [0.2, 0.25) is 0 Å². The number of hydrogen-bond acceptors (Lipinski definition) is 2. The zero-order chi connectivity index (χ0) is 14.3. The predicted octanol–water partition coefficient (Wildman–Crippen LogP) is 4.88. The van der Waals surface area contributed by atoms with Crippen LogP contribution < -0.4 is 4.74 Å². The third-order valence-electron chi connectivity index (χ3n) is 2.17. The molecule has 0 bridgehead atoms. The maximum Gasteiger partial charge on any atom is 0.161 e. The van der Waals surface area contributed by atoms with E-state index in [1.165, 1.54) is 0 Å². The van der Waals surface area contributed by atoms with Crippen LogP contribution in [-0.4, -0.2) is 11.2 Å². The first-order chi connectivity index (χ1) is 8.45. The van der Waals surface area contributed by atoms with Crippen LogP contribution in [0.2, 0.25) is 0 Å². The van der Waals surface area contributed by atoms with Gasteiger partial charge in [0.1, 0.15) is 0 Å². The lowest BCUT2D eigenvalue weighted by atomic mass is 10.0. The number of phenolic OH excluding ortho intramolecular Hbond substituents is 1. The van der Waals surface area contributed by atoms with Crippen molar-refractivity contribution in [3.05, 3.63) is 36.4 Å². The summed E-state index contributed by atoms with van der Waals surface area (Å²) in [4.78, 5) is 0. The van der Waals surface area contributed by atoms with Gasteiger partial charge in [-0.2, -0.15) is 0 Å². The number of phenols is 1.